The highest BCUT2D eigenvalue weighted by Gasteiger charge is 2.23. The van der Waals surface area contributed by atoms with Gasteiger partial charge in [-0.25, -0.2) is 0 Å². The van der Waals surface area contributed by atoms with E-state index in [2.05, 4.69) is 23.5 Å². The molecule has 0 heterocycles. The van der Waals surface area contributed by atoms with Crippen molar-refractivity contribution in [2.45, 2.75) is 25.8 Å². The molecule has 1 aliphatic carbocycles. The molecule has 0 spiro atoms. The van der Waals surface area contributed by atoms with Crippen LogP contribution >= 0.6 is 0 Å². The van der Waals surface area contributed by atoms with Gasteiger partial charge in [-0.15, -0.1) is 0 Å². The topological polar surface area (TPSA) is 29.1 Å². The number of fused-ring (bicyclic) bond motifs is 1. The molecule has 1 amide bonds. The monoisotopic (exact) mass is 251 g/mol. The van der Waals surface area contributed by atoms with E-state index in [4.69, 9.17) is 0 Å². The highest BCUT2D eigenvalue weighted by atomic mass is 16.1. The summed E-state index contributed by atoms with van der Waals surface area (Å²) in [7, 11) is 0. The molecular weight excluding hydrogens is 234 g/mol. The molecule has 1 atom stereocenters. The van der Waals surface area contributed by atoms with E-state index in [-0.39, 0.29) is 11.9 Å². The summed E-state index contributed by atoms with van der Waals surface area (Å²) >= 11 is 0. The summed E-state index contributed by atoms with van der Waals surface area (Å²) < 4.78 is 0. The largest absolute Gasteiger partial charge is 0.345 e. The van der Waals surface area contributed by atoms with Gasteiger partial charge in [0, 0.05) is 5.56 Å². The molecule has 19 heavy (non-hydrogen) atoms. The first-order valence-electron chi connectivity index (χ1n) is 6.69. The predicted octanol–water partition coefficient (Wildman–Crippen LogP) is 3.41. The summed E-state index contributed by atoms with van der Waals surface area (Å²) in [6.45, 7) is 2.00. The molecule has 2 aromatic rings. The van der Waals surface area contributed by atoms with Crippen LogP contribution in [0.25, 0.3) is 0 Å². The summed E-state index contributed by atoms with van der Waals surface area (Å²) in [4.78, 5) is 12.3. The Kier molecular flexibility index (Phi) is 3.08. The summed E-state index contributed by atoms with van der Waals surface area (Å²) in [5, 5.41) is 3.14. The van der Waals surface area contributed by atoms with Gasteiger partial charge < -0.3 is 5.32 Å². The van der Waals surface area contributed by atoms with E-state index < -0.39 is 0 Å². The molecule has 1 N–H and O–H groups in total. The maximum absolute atomic E-state index is 12.3. The van der Waals surface area contributed by atoms with E-state index in [1.165, 1.54) is 11.1 Å². The lowest BCUT2D eigenvalue weighted by atomic mass is 10.1. The molecule has 0 radical (unpaired) electrons. The number of rotatable bonds is 2. The second-order valence-electron chi connectivity index (χ2n) is 5.13. The maximum Gasteiger partial charge on any atom is 0.251 e. The van der Waals surface area contributed by atoms with Crippen LogP contribution in [0, 0.1) is 6.92 Å². The van der Waals surface area contributed by atoms with Crippen LogP contribution in [0.5, 0.6) is 0 Å². The van der Waals surface area contributed by atoms with Crippen LogP contribution in [0.15, 0.2) is 48.5 Å². The Morgan fingerprint density at radius 1 is 1.16 bits per heavy atom. The minimum absolute atomic E-state index is 0.0189. The second-order valence-corrected chi connectivity index (χ2v) is 5.13. The molecule has 0 saturated heterocycles. The third kappa shape index (κ3) is 2.39. The Morgan fingerprint density at radius 2 is 2.00 bits per heavy atom. The minimum atomic E-state index is 0.0189. The van der Waals surface area contributed by atoms with Gasteiger partial charge in [0.2, 0.25) is 0 Å². The number of carbonyl (C=O) groups excluding carboxylic acids is 1. The number of hydrogen-bond donors (Lipinski definition) is 1. The third-order valence-corrected chi connectivity index (χ3v) is 3.72. The summed E-state index contributed by atoms with van der Waals surface area (Å²) in [6, 6.07) is 16.2. The van der Waals surface area contributed by atoms with Gasteiger partial charge in [0.1, 0.15) is 0 Å². The number of benzene rings is 2. The zero-order chi connectivity index (χ0) is 13.2. The lowest BCUT2D eigenvalue weighted by molar-refractivity contribution is 0.0936. The molecule has 96 valence electrons. The molecule has 0 saturated carbocycles. The average molecular weight is 251 g/mol. The van der Waals surface area contributed by atoms with Crippen LogP contribution in [0.3, 0.4) is 0 Å². The summed E-state index contributed by atoms with van der Waals surface area (Å²) in [5.74, 6) is 0.0189. The first-order chi connectivity index (χ1) is 9.24. The average Bonchev–Trinajstić information content (AvgIpc) is 2.82. The smallest absolute Gasteiger partial charge is 0.251 e. The van der Waals surface area contributed by atoms with Gasteiger partial charge in [0.15, 0.2) is 0 Å². The number of nitrogens with one attached hydrogen (secondary N) is 1. The van der Waals surface area contributed by atoms with Gasteiger partial charge in [-0.05, 0) is 43.0 Å². The fraction of sp³-hybridized carbons (Fsp3) is 0.235. The Bertz CT molecular complexity index is 618. The van der Waals surface area contributed by atoms with E-state index in [0.29, 0.717) is 0 Å². The molecule has 2 nitrogen and oxygen atoms in total. The summed E-state index contributed by atoms with van der Waals surface area (Å²) in [6.07, 6.45) is 2.05. The zero-order valence-electron chi connectivity index (χ0n) is 11.0. The van der Waals surface area contributed by atoms with Crippen LogP contribution < -0.4 is 5.32 Å². The lowest BCUT2D eigenvalue weighted by Gasteiger charge is -2.14. The van der Waals surface area contributed by atoms with Gasteiger partial charge in [-0.1, -0.05) is 42.0 Å². The first kappa shape index (κ1) is 12.0. The third-order valence-electron chi connectivity index (χ3n) is 3.72. The number of amides is 1. The molecule has 3 rings (SSSR count). The van der Waals surface area contributed by atoms with Crippen LogP contribution in [0.1, 0.15) is 39.5 Å². The van der Waals surface area contributed by atoms with Crippen molar-refractivity contribution < 1.29 is 4.79 Å². The van der Waals surface area contributed by atoms with Crippen molar-refractivity contribution in [3.8, 4) is 0 Å². The second kappa shape index (κ2) is 4.88. The fourth-order valence-electron chi connectivity index (χ4n) is 2.73. The van der Waals surface area contributed by atoms with E-state index in [9.17, 15) is 4.79 Å². The zero-order valence-corrected chi connectivity index (χ0v) is 11.0. The minimum Gasteiger partial charge on any atom is -0.345 e. The van der Waals surface area contributed by atoms with E-state index in [1.54, 1.807) is 0 Å². The molecule has 0 fully saturated rings. The van der Waals surface area contributed by atoms with Crippen molar-refractivity contribution in [3.05, 3.63) is 70.8 Å². The Hall–Kier alpha value is -2.09. The molecule has 1 unspecified atom stereocenters. The van der Waals surface area contributed by atoms with Crippen molar-refractivity contribution in [2.75, 3.05) is 0 Å². The summed E-state index contributed by atoms with van der Waals surface area (Å²) in [5.41, 5.74) is 4.48. The van der Waals surface area contributed by atoms with Crippen LogP contribution in [-0.2, 0) is 6.42 Å². The van der Waals surface area contributed by atoms with E-state index >= 15 is 0 Å². The van der Waals surface area contributed by atoms with Gasteiger partial charge >= 0.3 is 0 Å². The van der Waals surface area contributed by atoms with E-state index in [1.807, 2.05) is 37.3 Å². The van der Waals surface area contributed by atoms with Crippen molar-refractivity contribution in [1.82, 2.24) is 5.32 Å². The van der Waals surface area contributed by atoms with Crippen LogP contribution in [0.2, 0.25) is 0 Å². The predicted molar refractivity (Wildman–Crippen MR) is 76.1 cm³/mol. The van der Waals surface area contributed by atoms with Crippen molar-refractivity contribution >= 4 is 5.91 Å². The molecular formula is C17H17NO. The number of hydrogen-bond acceptors (Lipinski definition) is 1. The highest BCUT2D eigenvalue weighted by molar-refractivity contribution is 5.94. The number of carbonyl (C=O) groups is 1. The molecule has 2 aromatic carbocycles. The quantitative estimate of drug-likeness (QED) is 0.870. The molecule has 0 aliphatic heterocycles. The fourth-order valence-corrected chi connectivity index (χ4v) is 2.73. The highest BCUT2D eigenvalue weighted by Crippen LogP contribution is 2.30. The molecule has 0 bridgehead atoms. The van der Waals surface area contributed by atoms with Gasteiger partial charge in [-0.3, -0.25) is 4.79 Å². The molecule has 1 aliphatic rings. The SMILES string of the molecule is Cc1cccc(C(=O)NC2CCc3ccccc32)c1. The maximum atomic E-state index is 12.3. The normalized spacial score (nSPS) is 17.0. The van der Waals surface area contributed by atoms with Gasteiger partial charge in [0.25, 0.3) is 5.91 Å². The van der Waals surface area contributed by atoms with Crippen LogP contribution in [0.4, 0.5) is 0 Å². The van der Waals surface area contributed by atoms with Crippen molar-refractivity contribution in [1.29, 1.82) is 0 Å². The van der Waals surface area contributed by atoms with Crippen molar-refractivity contribution in [2.24, 2.45) is 0 Å². The van der Waals surface area contributed by atoms with Gasteiger partial charge in [-0.2, -0.15) is 0 Å². The lowest BCUT2D eigenvalue weighted by Crippen LogP contribution is -2.27. The van der Waals surface area contributed by atoms with E-state index in [0.717, 1.165) is 24.0 Å². The molecule has 2 heteroatoms. The standard InChI is InChI=1S/C17H17NO/c1-12-5-4-7-14(11-12)17(19)18-16-10-9-13-6-2-3-8-15(13)16/h2-8,11,16H,9-10H2,1H3,(H,18,19). The first-order valence-corrected chi connectivity index (χ1v) is 6.69. The van der Waals surface area contributed by atoms with Crippen molar-refractivity contribution in [3.63, 3.8) is 0 Å². The van der Waals surface area contributed by atoms with Gasteiger partial charge in [0.05, 0.1) is 6.04 Å². The Labute approximate surface area is 113 Å². The Balaban J connectivity index is 1.78. The molecule has 0 aromatic heterocycles. The number of aryl methyl sites for hydroxylation is 2. The van der Waals surface area contributed by atoms with Crippen LogP contribution in [-0.4, -0.2) is 5.91 Å². The Morgan fingerprint density at radius 3 is 2.84 bits per heavy atom.